The van der Waals surface area contributed by atoms with E-state index < -0.39 is 0 Å². The molecule has 0 aliphatic heterocycles. The highest BCUT2D eigenvalue weighted by Gasteiger charge is 2.28. The Hall–Kier alpha value is -1.14. The van der Waals surface area contributed by atoms with Crippen LogP contribution in [-0.4, -0.2) is 15.0 Å². The number of rotatable bonds is 3. The van der Waals surface area contributed by atoms with Gasteiger partial charge >= 0.3 is 0 Å². The van der Waals surface area contributed by atoms with Crippen LogP contribution in [0.25, 0.3) is 0 Å². The molecule has 0 spiro atoms. The lowest BCUT2D eigenvalue weighted by Crippen LogP contribution is -2.03. The third-order valence-corrected chi connectivity index (χ3v) is 5.03. The molecule has 0 saturated heterocycles. The number of aromatic nitrogens is 3. The van der Waals surface area contributed by atoms with Crippen LogP contribution < -0.4 is 5.73 Å². The van der Waals surface area contributed by atoms with Gasteiger partial charge in [-0.25, -0.2) is 15.0 Å². The van der Waals surface area contributed by atoms with E-state index in [9.17, 15) is 0 Å². The second-order valence-corrected chi connectivity index (χ2v) is 6.62. The Morgan fingerprint density at radius 1 is 1.28 bits per heavy atom. The molecule has 1 fully saturated rings. The molecule has 0 bridgehead atoms. The van der Waals surface area contributed by atoms with Gasteiger partial charge in [-0.3, -0.25) is 0 Å². The van der Waals surface area contributed by atoms with E-state index >= 15 is 0 Å². The fourth-order valence-corrected chi connectivity index (χ4v) is 3.46. The molecule has 1 aliphatic carbocycles. The fourth-order valence-electron chi connectivity index (χ4n) is 1.62. The first-order valence-electron chi connectivity index (χ1n) is 5.87. The molecule has 6 heteroatoms. The first-order chi connectivity index (χ1) is 8.63. The average Bonchev–Trinajstić information content (AvgIpc) is 3.10. The predicted octanol–water partition coefficient (Wildman–Crippen LogP) is 3.16. The molecule has 0 unspecified atom stereocenters. The topological polar surface area (TPSA) is 64.7 Å². The lowest BCUT2D eigenvalue weighted by Gasteiger charge is -2.07. The fraction of sp³-hybridized carbons (Fsp3) is 0.417. The second kappa shape index (κ2) is 4.51. The Bertz CT molecular complexity index is 590. The molecule has 1 saturated carbocycles. The molecular weight excluding hydrogens is 264 g/mol. The zero-order valence-corrected chi connectivity index (χ0v) is 11.9. The predicted molar refractivity (Wildman–Crippen MR) is 74.1 cm³/mol. The van der Waals surface area contributed by atoms with Crippen molar-refractivity contribution in [1.29, 1.82) is 0 Å². The summed E-state index contributed by atoms with van der Waals surface area (Å²) < 4.78 is 1.01. The van der Waals surface area contributed by atoms with Gasteiger partial charge in [0.2, 0.25) is 0 Å². The Kier molecular flexibility index (Phi) is 2.99. The molecule has 4 nitrogen and oxygen atoms in total. The Morgan fingerprint density at radius 3 is 2.67 bits per heavy atom. The van der Waals surface area contributed by atoms with E-state index in [2.05, 4.69) is 15.0 Å². The molecule has 1 aliphatic rings. The molecule has 3 rings (SSSR count). The summed E-state index contributed by atoms with van der Waals surface area (Å²) in [6.07, 6.45) is 2.37. The SMILES string of the molecule is Cc1csc(Sc2nc(C3CC3)nc(N)c2C)n1. The van der Waals surface area contributed by atoms with Crippen LogP contribution in [0, 0.1) is 13.8 Å². The Morgan fingerprint density at radius 2 is 2.06 bits per heavy atom. The van der Waals surface area contributed by atoms with Gasteiger partial charge in [-0.05, 0) is 38.5 Å². The van der Waals surface area contributed by atoms with Crippen molar-refractivity contribution in [3.05, 3.63) is 22.5 Å². The summed E-state index contributed by atoms with van der Waals surface area (Å²) in [5.74, 6) is 2.02. The number of hydrogen-bond acceptors (Lipinski definition) is 6. The summed E-state index contributed by atoms with van der Waals surface area (Å²) in [5.41, 5.74) is 7.97. The maximum absolute atomic E-state index is 5.96. The highest BCUT2D eigenvalue weighted by Crippen LogP contribution is 2.40. The number of anilines is 1. The van der Waals surface area contributed by atoms with E-state index in [1.54, 1.807) is 23.1 Å². The molecule has 18 heavy (non-hydrogen) atoms. The highest BCUT2D eigenvalue weighted by molar-refractivity contribution is 8.01. The highest BCUT2D eigenvalue weighted by atomic mass is 32.2. The minimum atomic E-state index is 0.519. The first-order valence-corrected chi connectivity index (χ1v) is 7.57. The number of thiazole rings is 1. The van der Waals surface area contributed by atoms with E-state index in [1.165, 1.54) is 12.8 Å². The van der Waals surface area contributed by atoms with Gasteiger partial charge in [-0.1, -0.05) is 0 Å². The summed E-state index contributed by atoms with van der Waals surface area (Å²) in [6, 6.07) is 0. The van der Waals surface area contributed by atoms with Crippen molar-refractivity contribution < 1.29 is 0 Å². The molecule has 0 amide bonds. The summed E-state index contributed by atoms with van der Waals surface area (Å²) in [6.45, 7) is 3.96. The quantitative estimate of drug-likeness (QED) is 0.874. The Balaban J connectivity index is 1.94. The van der Waals surface area contributed by atoms with Gasteiger partial charge in [0.15, 0.2) is 4.34 Å². The van der Waals surface area contributed by atoms with Crippen molar-refractivity contribution in [2.75, 3.05) is 5.73 Å². The molecule has 2 N–H and O–H groups in total. The van der Waals surface area contributed by atoms with Gasteiger partial charge in [-0.15, -0.1) is 11.3 Å². The third-order valence-electron chi connectivity index (χ3n) is 2.88. The largest absolute Gasteiger partial charge is 0.383 e. The number of nitrogens with zero attached hydrogens (tertiary/aromatic N) is 3. The van der Waals surface area contributed by atoms with Crippen LogP contribution in [0.3, 0.4) is 0 Å². The van der Waals surface area contributed by atoms with Gasteiger partial charge in [0, 0.05) is 22.6 Å². The molecule has 0 aromatic carbocycles. The van der Waals surface area contributed by atoms with Gasteiger partial charge in [0.05, 0.1) is 0 Å². The summed E-state index contributed by atoms with van der Waals surface area (Å²) >= 11 is 3.22. The van der Waals surface area contributed by atoms with Crippen molar-refractivity contribution in [2.24, 2.45) is 0 Å². The van der Waals surface area contributed by atoms with Crippen LogP contribution in [0.15, 0.2) is 14.7 Å². The van der Waals surface area contributed by atoms with Crippen LogP contribution >= 0.6 is 23.1 Å². The maximum atomic E-state index is 5.96. The average molecular weight is 278 g/mol. The normalized spacial score (nSPS) is 15.0. The third kappa shape index (κ3) is 2.35. The number of nitrogens with two attached hydrogens (primary N) is 1. The Labute approximate surface area is 114 Å². The standard InChI is InChI=1S/C12H14N4S2/c1-6-5-17-12(14-6)18-11-7(2)9(13)15-10(16-11)8-3-4-8/h5,8H,3-4H2,1-2H3,(H2,13,15,16). The van der Waals surface area contributed by atoms with Crippen molar-refractivity contribution in [3.63, 3.8) is 0 Å². The van der Waals surface area contributed by atoms with Crippen LogP contribution in [-0.2, 0) is 0 Å². The molecule has 2 aromatic rings. The van der Waals surface area contributed by atoms with Gasteiger partial charge in [-0.2, -0.15) is 0 Å². The van der Waals surface area contributed by atoms with Gasteiger partial charge in [0.1, 0.15) is 16.7 Å². The van der Waals surface area contributed by atoms with Crippen molar-refractivity contribution in [1.82, 2.24) is 15.0 Å². The molecule has 2 heterocycles. The van der Waals surface area contributed by atoms with E-state index in [0.717, 1.165) is 26.4 Å². The number of nitrogen functional groups attached to an aromatic ring is 1. The molecule has 94 valence electrons. The van der Waals surface area contributed by atoms with Gasteiger partial charge < -0.3 is 5.73 Å². The van der Waals surface area contributed by atoms with Crippen LogP contribution in [0.5, 0.6) is 0 Å². The van der Waals surface area contributed by atoms with E-state index in [4.69, 9.17) is 5.73 Å². The number of hydrogen-bond donors (Lipinski definition) is 1. The van der Waals surface area contributed by atoms with Crippen LogP contribution in [0.1, 0.15) is 35.8 Å². The molecule has 0 radical (unpaired) electrons. The second-order valence-electron chi connectivity index (χ2n) is 4.53. The van der Waals surface area contributed by atoms with E-state index in [0.29, 0.717) is 11.7 Å². The minimum absolute atomic E-state index is 0.519. The molecular formula is C12H14N4S2. The molecule has 0 atom stereocenters. The first kappa shape index (κ1) is 11.9. The van der Waals surface area contributed by atoms with Crippen molar-refractivity contribution >= 4 is 28.9 Å². The van der Waals surface area contributed by atoms with Crippen molar-refractivity contribution in [3.8, 4) is 0 Å². The van der Waals surface area contributed by atoms with E-state index in [1.807, 2.05) is 19.2 Å². The zero-order chi connectivity index (χ0) is 12.7. The maximum Gasteiger partial charge on any atom is 0.156 e. The smallest absolute Gasteiger partial charge is 0.156 e. The molecule has 2 aromatic heterocycles. The lowest BCUT2D eigenvalue weighted by molar-refractivity contribution is 0.868. The summed E-state index contributed by atoms with van der Waals surface area (Å²) in [7, 11) is 0. The van der Waals surface area contributed by atoms with E-state index in [-0.39, 0.29) is 0 Å². The monoisotopic (exact) mass is 278 g/mol. The van der Waals surface area contributed by atoms with Crippen LogP contribution in [0.2, 0.25) is 0 Å². The van der Waals surface area contributed by atoms with Crippen molar-refractivity contribution in [2.45, 2.75) is 42.0 Å². The minimum Gasteiger partial charge on any atom is -0.383 e. The zero-order valence-electron chi connectivity index (χ0n) is 10.3. The number of aryl methyl sites for hydroxylation is 1. The lowest BCUT2D eigenvalue weighted by atomic mass is 10.3. The summed E-state index contributed by atoms with van der Waals surface area (Å²) in [4.78, 5) is 13.5. The van der Waals surface area contributed by atoms with Gasteiger partial charge in [0.25, 0.3) is 0 Å². The van der Waals surface area contributed by atoms with Crippen LogP contribution in [0.4, 0.5) is 5.82 Å². The summed E-state index contributed by atoms with van der Waals surface area (Å²) in [5, 5.41) is 2.99.